The van der Waals surface area contributed by atoms with E-state index in [1.54, 1.807) is 13.0 Å². The zero-order valence-corrected chi connectivity index (χ0v) is 13.8. The highest BCUT2D eigenvalue weighted by atomic mass is 19.2. The molecular weight excluding hydrogens is 319 g/mol. The number of halogens is 3. The molecule has 0 radical (unpaired) electrons. The summed E-state index contributed by atoms with van der Waals surface area (Å²) in [6, 6.07) is 3.70. The number of hydrogen-bond donors (Lipinski definition) is 2. The van der Waals surface area contributed by atoms with Crippen molar-refractivity contribution in [2.45, 2.75) is 13.3 Å². The third-order valence-electron chi connectivity index (χ3n) is 3.22. The summed E-state index contributed by atoms with van der Waals surface area (Å²) >= 11 is 0. The van der Waals surface area contributed by atoms with Crippen LogP contribution in [-0.4, -0.2) is 42.1 Å². The molecule has 0 atom stereocenters. The first kappa shape index (κ1) is 18.0. The minimum atomic E-state index is -1.53. The van der Waals surface area contributed by atoms with Crippen LogP contribution in [0.3, 0.4) is 0 Å². The van der Waals surface area contributed by atoms with E-state index in [0.717, 1.165) is 25.1 Å². The van der Waals surface area contributed by atoms with Crippen LogP contribution in [0.2, 0.25) is 0 Å². The van der Waals surface area contributed by atoms with Gasteiger partial charge >= 0.3 is 0 Å². The first-order chi connectivity index (χ1) is 11.4. The summed E-state index contributed by atoms with van der Waals surface area (Å²) in [5.41, 5.74) is 0.434. The third-order valence-corrected chi connectivity index (χ3v) is 3.22. The van der Waals surface area contributed by atoms with E-state index in [0.29, 0.717) is 18.1 Å². The molecule has 2 N–H and O–H groups in total. The summed E-state index contributed by atoms with van der Waals surface area (Å²) in [7, 11) is 3.99. The van der Waals surface area contributed by atoms with Gasteiger partial charge in [0.2, 0.25) is 5.95 Å². The predicted molar refractivity (Wildman–Crippen MR) is 88.0 cm³/mol. The minimum absolute atomic E-state index is 0.106. The molecule has 0 amide bonds. The number of anilines is 3. The van der Waals surface area contributed by atoms with Crippen molar-refractivity contribution in [2.75, 3.05) is 37.8 Å². The van der Waals surface area contributed by atoms with Gasteiger partial charge in [0.05, 0.1) is 5.69 Å². The standard InChI is InChI=1S/C16H20F3N5/c1-10-9-13(20-7-4-8-24(2)3)23-16(21-10)22-12-6-5-11(17)14(18)15(12)19/h5-6,9H,4,7-8H2,1-3H3,(H2,20,21,22,23). The molecule has 2 rings (SSSR count). The van der Waals surface area contributed by atoms with E-state index in [1.165, 1.54) is 0 Å². The highest BCUT2D eigenvalue weighted by molar-refractivity contribution is 5.56. The van der Waals surface area contributed by atoms with Crippen molar-refractivity contribution < 1.29 is 13.2 Å². The molecule has 0 aliphatic heterocycles. The van der Waals surface area contributed by atoms with Gasteiger partial charge in [0.15, 0.2) is 17.5 Å². The number of hydrogen-bond acceptors (Lipinski definition) is 5. The van der Waals surface area contributed by atoms with E-state index < -0.39 is 17.5 Å². The SMILES string of the molecule is Cc1cc(NCCCN(C)C)nc(Nc2ccc(F)c(F)c2F)n1. The molecule has 0 unspecified atom stereocenters. The Bertz CT molecular complexity index is 706. The molecule has 0 saturated heterocycles. The maximum atomic E-state index is 13.7. The van der Waals surface area contributed by atoms with Gasteiger partial charge in [-0.3, -0.25) is 0 Å². The van der Waals surface area contributed by atoms with Crippen molar-refractivity contribution in [1.29, 1.82) is 0 Å². The molecule has 1 aromatic heterocycles. The Morgan fingerprint density at radius 2 is 1.83 bits per heavy atom. The predicted octanol–water partition coefficient (Wildman–Crippen LogP) is 3.31. The van der Waals surface area contributed by atoms with Crippen LogP contribution < -0.4 is 10.6 Å². The highest BCUT2D eigenvalue weighted by Crippen LogP contribution is 2.22. The molecule has 2 aromatic rings. The molecule has 0 spiro atoms. The molecule has 0 bridgehead atoms. The van der Waals surface area contributed by atoms with E-state index in [9.17, 15) is 13.2 Å². The Hall–Kier alpha value is -2.35. The van der Waals surface area contributed by atoms with Gasteiger partial charge < -0.3 is 15.5 Å². The topological polar surface area (TPSA) is 53.1 Å². The average molecular weight is 339 g/mol. The molecule has 0 saturated carbocycles. The summed E-state index contributed by atoms with van der Waals surface area (Å²) in [6.45, 7) is 3.41. The van der Waals surface area contributed by atoms with Crippen LogP contribution in [0.25, 0.3) is 0 Å². The molecule has 1 aromatic carbocycles. The minimum Gasteiger partial charge on any atom is -0.370 e. The average Bonchev–Trinajstić information content (AvgIpc) is 2.51. The van der Waals surface area contributed by atoms with Gasteiger partial charge in [-0.15, -0.1) is 0 Å². The Labute approximate surface area is 138 Å². The summed E-state index contributed by atoms with van der Waals surface area (Å²) in [5, 5.41) is 5.73. The molecule has 8 heteroatoms. The number of rotatable bonds is 7. The van der Waals surface area contributed by atoms with E-state index in [1.807, 2.05) is 14.1 Å². The quantitative estimate of drug-likeness (QED) is 0.599. The second-order valence-corrected chi connectivity index (χ2v) is 5.65. The Morgan fingerprint density at radius 3 is 2.54 bits per heavy atom. The van der Waals surface area contributed by atoms with Crippen LogP contribution in [0, 0.1) is 24.4 Å². The van der Waals surface area contributed by atoms with Crippen LogP contribution in [0.4, 0.5) is 30.6 Å². The number of aryl methyl sites for hydroxylation is 1. The fourth-order valence-corrected chi connectivity index (χ4v) is 2.07. The van der Waals surface area contributed by atoms with Crippen LogP contribution >= 0.6 is 0 Å². The Kier molecular flexibility index (Phi) is 5.97. The smallest absolute Gasteiger partial charge is 0.229 e. The van der Waals surface area contributed by atoms with Crippen molar-refractivity contribution >= 4 is 17.5 Å². The van der Waals surface area contributed by atoms with E-state index in [4.69, 9.17) is 0 Å². The second-order valence-electron chi connectivity index (χ2n) is 5.65. The normalized spacial score (nSPS) is 11.0. The van der Waals surface area contributed by atoms with E-state index in [-0.39, 0.29) is 11.6 Å². The van der Waals surface area contributed by atoms with Gasteiger partial charge in [0.1, 0.15) is 5.82 Å². The van der Waals surface area contributed by atoms with Gasteiger partial charge in [-0.05, 0) is 46.1 Å². The first-order valence-corrected chi connectivity index (χ1v) is 7.51. The maximum absolute atomic E-state index is 13.7. The van der Waals surface area contributed by atoms with Gasteiger partial charge in [-0.2, -0.15) is 4.98 Å². The highest BCUT2D eigenvalue weighted by Gasteiger charge is 2.14. The molecule has 24 heavy (non-hydrogen) atoms. The van der Waals surface area contributed by atoms with Crippen molar-refractivity contribution in [1.82, 2.24) is 14.9 Å². The summed E-state index contributed by atoms with van der Waals surface area (Å²) in [4.78, 5) is 10.4. The molecule has 130 valence electrons. The van der Waals surface area contributed by atoms with Gasteiger partial charge in [0.25, 0.3) is 0 Å². The summed E-state index contributed by atoms with van der Waals surface area (Å²) < 4.78 is 40.0. The molecule has 0 aliphatic rings. The maximum Gasteiger partial charge on any atom is 0.229 e. The van der Waals surface area contributed by atoms with Crippen molar-refractivity contribution in [2.24, 2.45) is 0 Å². The van der Waals surface area contributed by atoms with Crippen molar-refractivity contribution in [3.63, 3.8) is 0 Å². The lowest BCUT2D eigenvalue weighted by atomic mass is 10.3. The Morgan fingerprint density at radius 1 is 1.08 bits per heavy atom. The zero-order valence-electron chi connectivity index (χ0n) is 13.8. The third kappa shape index (κ3) is 4.82. The first-order valence-electron chi connectivity index (χ1n) is 7.51. The lowest BCUT2D eigenvalue weighted by Crippen LogP contribution is -2.17. The van der Waals surface area contributed by atoms with Gasteiger partial charge in [-0.25, -0.2) is 18.2 Å². The van der Waals surface area contributed by atoms with Crippen LogP contribution in [0.5, 0.6) is 0 Å². The van der Waals surface area contributed by atoms with Crippen LogP contribution in [0.15, 0.2) is 18.2 Å². The van der Waals surface area contributed by atoms with Crippen LogP contribution in [-0.2, 0) is 0 Å². The summed E-state index contributed by atoms with van der Waals surface area (Å²) in [5.74, 6) is -3.40. The monoisotopic (exact) mass is 339 g/mol. The fourth-order valence-electron chi connectivity index (χ4n) is 2.07. The van der Waals surface area contributed by atoms with Crippen molar-refractivity contribution in [3.8, 4) is 0 Å². The molecule has 5 nitrogen and oxygen atoms in total. The molecule has 1 heterocycles. The largest absolute Gasteiger partial charge is 0.370 e. The van der Waals surface area contributed by atoms with Crippen molar-refractivity contribution in [3.05, 3.63) is 41.3 Å². The van der Waals surface area contributed by atoms with Crippen LogP contribution in [0.1, 0.15) is 12.1 Å². The van der Waals surface area contributed by atoms with Gasteiger partial charge in [-0.1, -0.05) is 0 Å². The zero-order chi connectivity index (χ0) is 17.7. The lowest BCUT2D eigenvalue weighted by Gasteiger charge is -2.12. The number of aromatic nitrogens is 2. The summed E-state index contributed by atoms with van der Waals surface area (Å²) in [6.07, 6.45) is 0.927. The fraction of sp³-hybridized carbons (Fsp3) is 0.375. The second kappa shape index (κ2) is 7.96. The lowest BCUT2D eigenvalue weighted by molar-refractivity contribution is 0.405. The van der Waals surface area contributed by atoms with E-state index >= 15 is 0 Å². The Balaban J connectivity index is 2.10. The molecular formula is C16H20F3N5. The van der Waals surface area contributed by atoms with E-state index in [2.05, 4.69) is 25.5 Å². The van der Waals surface area contributed by atoms with Gasteiger partial charge in [0, 0.05) is 18.3 Å². The number of benzene rings is 1. The number of nitrogens with zero attached hydrogens (tertiary/aromatic N) is 3. The number of nitrogens with one attached hydrogen (secondary N) is 2. The molecule has 0 aliphatic carbocycles. The molecule has 0 fully saturated rings.